The van der Waals surface area contributed by atoms with Crippen LogP contribution in [0.3, 0.4) is 0 Å². The highest BCUT2D eigenvalue weighted by Gasteiger charge is 2.14. The van der Waals surface area contributed by atoms with Crippen LogP contribution in [0.5, 0.6) is 0 Å². The summed E-state index contributed by atoms with van der Waals surface area (Å²) >= 11 is 0. The highest BCUT2D eigenvalue weighted by molar-refractivity contribution is 5.62. The molecule has 0 fully saturated rings. The van der Waals surface area contributed by atoms with E-state index in [2.05, 4.69) is 56.1 Å². The van der Waals surface area contributed by atoms with Gasteiger partial charge in [-0.25, -0.2) is 9.98 Å². The minimum Gasteiger partial charge on any atom is -0.384 e. The van der Waals surface area contributed by atoms with Crippen molar-refractivity contribution in [2.75, 3.05) is 26.8 Å². The molecule has 0 amide bonds. The van der Waals surface area contributed by atoms with Gasteiger partial charge in [-0.15, -0.1) is 0 Å². The van der Waals surface area contributed by atoms with Gasteiger partial charge < -0.3 is 15.0 Å². The van der Waals surface area contributed by atoms with Crippen LogP contribution in [0.4, 0.5) is 0 Å². The van der Waals surface area contributed by atoms with Gasteiger partial charge in [-0.05, 0) is 52.2 Å². The number of fused-ring (bicyclic) bond motifs is 1. The molecule has 0 spiro atoms. The van der Waals surface area contributed by atoms with E-state index in [1.54, 1.807) is 13.3 Å². The van der Waals surface area contributed by atoms with Gasteiger partial charge in [-0.2, -0.15) is 5.10 Å². The van der Waals surface area contributed by atoms with Crippen molar-refractivity contribution in [1.29, 1.82) is 0 Å². The van der Waals surface area contributed by atoms with Gasteiger partial charge in [0.1, 0.15) is 5.69 Å². The van der Waals surface area contributed by atoms with Crippen LogP contribution in [0.1, 0.15) is 57.8 Å². The van der Waals surface area contributed by atoms with Crippen LogP contribution in [-0.2, 0) is 11.2 Å². The number of rotatable bonds is 13. The van der Waals surface area contributed by atoms with Crippen LogP contribution in [0.2, 0.25) is 0 Å². The number of aliphatic imine (C=N–C) groups is 1. The van der Waals surface area contributed by atoms with Crippen LogP contribution in [-0.4, -0.2) is 53.2 Å². The van der Waals surface area contributed by atoms with Crippen molar-refractivity contribution in [2.24, 2.45) is 9.98 Å². The SMILES string of the molecule is C/C=C\C.C=CN=CC/C(=C\CC1=CN=c2[nH]nc(-c3nc(CCOC)c(C)[nH]3)c2=CC1)CNCCC. The molecule has 0 saturated carbocycles. The normalized spacial score (nSPS) is 13.4. The van der Waals surface area contributed by atoms with E-state index < -0.39 is 0 Å². The first-order chi connectivity index (χ1) is 18.1. The Balaban J connectivity index is 0.00000112. The molecular weight excluding hydrogens is 462 g/mol. The summed E-state index contributed by atoms with van der Waals surface area (Å²) in [5, 5.41) is 12.0. The van der Waals surface area contributed by atoms with Crippen LogP contribution < -0.4 is 16.0 Å². The van der Waals surface area contributed by atoms with E-state index in [0.717, 1.165) is 78.8 Å². The molecule has 0 atom stereocenters. The van der Waals surface area contributed by atoms with E-state index in [1.807, 2.05) is 45.3 Å². The van der Waals surface area contributed by atoms with E-state index >= 15 is 0 Å². The Morgan fingerprint density at radius 1 is 1.30 bits per heavy atom. The molecule has 200 valence electrons. The Hall–Kier alpha value is -3.36. The fourth-order valence-electron chi connectivity index (χ4n) is 3.62. The third-order valence-corrected chi connectivity index (χ3v) is 5.81. The predicted molar refractivity (Wildman–Crippen MR) is 154 cm³/mol. The maximum atomic E-state index is 5.19. The van der Waals surface area contributed by atoms with E-state index in [4.69, 9.17) is 9.72 Å². The number of aromatic amines is 2. The van der Waals surface area contributed by atoms with Gasteiger partial charge in [-0.3, -0.25) is 10.1 Å². The Bertz CT molecular complexity index is 1210. The molecule has 3 heterocycles. The van der Waals surface area contributed by atoms with E-state index in [0.29, 0.717) is 6.61 Å². The van der Waals surface area contributed by atoms with Crippen LogP contribution >= 0.6 is 0 Å². The Kier molecular flexibility index (Phi) is 13.9. The molecule has 8 heteroatoms. The second-order valence-corrected chi connectivity index (χ2v) is 8.69. The number of nitrogens with zero attached hydrogens (tertiary/aromatic N) is 4. The molecule has 0 radical (unpaired) electrons. The average molecular weight is 506 g/mol. The summed E-state index contributed by atoms with van der Waals surface area (Å²) in [6.07, 6.45) is 18.2. The first kappa shape index (κ1) is 29.9. The van der Waals surface area contributed by atoms with Gasteiger partial charge in [0.15, 0.2) is 11.3 Å². The molecule has 0 aliphatic carbocycles. The lowest BCUT2D eigenvalue weighted by Crippen LogP contribution is -2.23. The number of H-pyrrole nitrogens is 2. The van der Waals surface area contributed by atoms with Gasteiger partial charge in [-0.1, -0.05) is 43.4 Å². The first-order valence-electron chi connectivity index (χ1n) is 13.0. The molecule has 0 unspecified atom stereocenters. The monoisotopic (exact) mass is 505 g/mol. The first-order valence-corrected chi connectivity index (χ1v) is 13.0. The molecule has 37 heavy (non-hydrogen) atoms. The van der Waals surface area contributed by atoms with Gasteiger partial charge in [0.2, 0.25) is 0 Å². The fraction of sp³-hybridized carbons (Fsp3) is 0.448. The zero-order valence-corrected chi connectivity index (χ0v) is 23.1. The third-order valence-electron chi connectivity index (χ3n) is 5.81. The predicted octanol–water partition coefficient (Wildman–Crippen LogP) is 4.49. The Labute approximate surface area is 221 Å². The highest BCUT2D eigenvalue weighted by Crippen LogP contribution is 2.16. The fourth-order valence-corrected chi connectivity index (χ4v) is 3.62. The molecule has 8 nitrogen and oxygen atoms in total. The molecule has 1 aliphatic rings. The zero-order chi connectivity index (χ0) is 26.9. The van der Waals surface area contributed by atoms with Crippen molar-refractivity contribution < 1.29 is 4.74 Å². The van der Waals surface area contributed by atoms with Crippen molar-refractivity contribution >= 4 is 12.3 Å². The molecule has 0 bridgehead atoms. The third kappa shape index (κ3) is 9.90. The Morgan fingerprint density at radius 2 is 2.11 bits per heavy atom. The van der Waals surface area contributed by atoms with Gasteiger partial charge in [0.25, 0.3) is 0 Å². The number of aryl methyl sites for hydroxylation is 1. The lowest BCUT2D eigenvalue weighted by atomic mass is 10.1. The maximum Gasteiger partial charge on any atom is 0.159 e. The molecule has 0 saturated heterocycles. The average Bonchev–Trinajstić information content (AvgIpc) is 3.42. The van der Waals surface area contributed by atoms with E-state index in [1.165, 1.54) is 11.1 Å². The topological polar surface area (TPSA) is 103 Å². The summed E-state index contributed by atoms with van der Waals surface area (Å²) < 4.78 is 5.19. The second-order valence-electron chi connectivity index (χ2n) is 8.69. The number of hydrogen-bond donors (Lipinski definition) is 3. The molecule has 0 aromatic carbocycles. The number of nitrogens with one attached hydrogen (secondary N) is 3. The van der Waals surface area contributed by atoms with Crippen molar-refractivity contribution in [1.82, 2.24) is 25.5 Å². The van der Waals surface area contributed by atoms with Crippen molar-refractivity contribution in [3.63, 3.8) is 0 Å². The smallest absolute Gasteiger partial charge is 0.159 e. The quantitative estimate of drug-likeness (QED) is 0.212. The zero-order valence-electron chi connectivity index (χ0n) is 23.1. The molecular formula is C29H43N7O. The summed E-state index contributed by atoms with van der Waals surface area (Å²) in [5.41, 5.74) is 6.17. The number of hydrogen-bond acceptors (Lipinski definition) is 6. The largest absolute Gasteiger partial charge is 0.384 e. The van der Waals surface area contributed by atoms with Gasteiger partial charge in [0, 0.05) is 56.0 Å². The summed E-state index contributed by atoms with van der Waals surface area (Å²) in [7, 11) is 1.70. The van der Waals surface area contributed by atoms with Crippen molar-refractivity contribution in [3.05, 3.63) is 70.4 Å². The van der Waals surface area contributed by atoms with Crippen LogP contribution in [0.25, 0.3) is 17.6 Å². The lowest BCUT2D eigenvalue weighted by Gasteiger charge is -2.07. The second kappa shape index (κ2) is 17.2. The van der Waals surface area contributed by atoms with E-state index in [-0.39, 0.29) is 0 Å². The van der Waals surface area contributed by atoms with Crippen molar-refractivity contribution in [3.8, 4) is 11.5 Å². The molecule has 2 aromatic rings. The number of imidazole rings is 1. The van der Waals surface area contributed by atoms with E-state index in [9.17, 15) is 0 Å². The van der Waals surface area contributed by atoms with Crippen LogP contribution in [0, 0.1) is 6.92 Å². The van der Waals surface area contributed by atoms with Gasteiger partial charge in [0.05, 0.1) is 12.3 Å². The molecule has 3 rings (SSSR count). The number of allylic oxidation sites excluding steroid dienone is 4. The number of methoxy groups -OCH3 is 1. The summed E-state index contributed by atoms with van der Waals surface area (Å²) in [4.78, 5) is 16.9. The molecule has 2 aromatic heterocycles. The highest BCUT2D eigenvalue weighted by atomic mass is 16.5. The van der Waals surface area contributed by atoms with Crippen LogP contribution in [0.15, 0.2) is 58.3 Å². The summed E-state index contributed by atoms with van der Waals surface area (Å²) in [6, 6.07) is 0. The lowest BCUT2D eigenvalue weighted by molar-refractivity contribution is 0.201. The number of ether oxygens (including phenoxy) is 1. The summed E-state index contributed by atoms with van der Waals surface area (Å²) in [5.74, 6) is 0.761. The molecule has 1 aliphatic heterocycles. The van der Waals surface area contributed by atoms with Crippen molar-refractivity contribution in [2.45, 2.75) is 59.8 Å². The number of aromatic nitrogens is 4. The summed E-state index contributed by atoms with van der Waals surface area (Å²) in [6.45, 7) is 14.4. The Morgan fingerprint density at radius 3 is 2.81 bits per heavy atom. The maximum absolute atomic E-state index is 5.19. The molecule has 3 N–H and O–H groups in total. The minimum atomic E-state index is 0.640. The standard InChI is InChI=1S/C25H35N7O.C4H8/c1-5-13-27-16-20(11-14-26-6-2)8-7-19-9-10-21-23(31-32-24(21)28-17-19)25-29-18(3)22(30-25)12-15-33-4;1-3-4-2/h6,8,10,14,17,27H,2,5,7,9,11-13,15-16H2,1,3-4H3,(H,28,32)(H,29,30);3-4H,1-2H3/b20-8+,26-14?;4-3-. The minimum absolute atomic E-state index is 0.640. The van der Waals surface area contributed by atoms with Gasteiger partial charge >= 0.3 is 0 Å².